The minimum atomic E-state index is -3.81. The van der Waals surface area contributed by atoms with E-state index in [1.165, 1.54) is 12.1 Å². The van der Waals surface area contributed by atoms with Gasteiger partial charge in [0, 0.05) is 57.4 Å². The first-order chi connectivity index (χ1) is 21.6. The lowest BCUT2D eigenvalue weighted by atomic mass is 9.90. The number of fused-ring (bicyclic) bond motifs is 1. The third-order valence-corrected chi connectivity index (χ3v) is 9.97. The Morgan fingerprint density at radius 3 is 2.42 bits per heavy atom. The number of amides is 3. The summed E-state index contributed by atoms with van der Waals surface area (Å²) >= 11 is 0. The molecule has 2 N–H and O–H groups in total. The molecule has 3 aromatic rings. The summed E-state index contributed by atoms with van der Waals surface area (Å²) in [5, 5.41) is 14.3. The lowest BCUT2D eigenvalue weighted by Crippen LogP contribution is -2.41. The minimum absolute atomic E-state index is 0.0152. The molecule has 1 aliphatic carbocycles. The van der Waals surface area contributed by atoms with Crippen LogP contribution in [0.2, 0.25) is 0 Å². The zero-order valence-corrected chi connectivity index (χ0v) is 26.3. The second-order valence-corrected chi connectivity index (χ2v) is 13.1. The van der Waals surface area contributed by atoms with Crippen LogP contribution in [0.1, 0.15) is 63.4 Å². The van der Waals surface area contributed by atoms with Gasteiger partial charge in [0.2, 0.25) is 5.91 Å². The molecule has 2 aromatic carbocycles. The van der Waals surface area contributed by atoms with Gasteiger partial charge in [-0.1, -0.05) is 42.5 Å². The van der Waals surface area contributed by atoms with Gasteiger partial charge in [-0.25, -0.2) is 8.42 Å². The Kier molecular flexibility index (Phi) is 11.1. The van der Waals surface area contributed by atoms with Crippen LogP contribution in [0.3, 0.4) is 0 Å². The summed E-state index contributed by atoms with van der Waals surface area (Å²) in [5.74, 6) is -0.923. The van der Waals surface area contributed by atoms with Crippen LogP contribution in [-0.2, 0) is 45.1 Å². The monoisotopic (exact) mass is 637 g/mol. The highest BCUT2D eigenvalue weighted by atomic mass is 32.2. The first kappa shape index (κ1) is 33.4. The van der Waals surface area contributed by atoms with Crippen molar-refractivity contribution < 1.29 is 32.7 Å². The Morgan fingerprint density at radius 1 is 1.02 bits per heavy atom. The van der Waals surface area contributed by atoms with Gasteiger partial charge in [0.15, 0.2) is 15.5 Å². The van der Waals surface area contributed by atoms with Crippen molar-refractivity contribution in [3.8, 4) is 0 Å². The summed E-state index contributed by atoms with van der Waals surface area (Å²) < 4.78 is 28.6. The quantitative estimate of drug-likeness (QED) is 0.413. The maximum atomic E-state index is 13.9. The number of likely N-dealkylation sites (N-methyl/N-ethyl adjacent to an activating group) is 1. The molecule has 1 atom stereocenters. The van der Waals surface area contributed by atoms with Crippen LogP contribution >= 0.6 is 0 Å². The summed E-state index contributed by atoms with van der Waals surface area (Å²) in [6.07, 6.45) is 3.26. The number of hydrogen-bond donors (Lipinski definition) is 2. The van der Waals surface area contributed by atoms with Gasteiger partial charge < -0.3 is 20.2 Å². The van der Waals surface area contributed by atoms with Crippen LogP contribution < -0.4 is 5.32 Å². The Labute approximate surface area is 262 Å². The molecule has 13 heteroatoms. The lowest BCUT2D eigenvalue weighted by Gasteiger charge is -2.32. The molecule has 12 nitrogen and oxygen atoms in total. The fourth-order valence-electron chi connectivity index (χ4n) is 5.91. The molecule has 0 radical (unpaired) electrons. The summed E-state index contributed by atoms with van der Waals surface area (Å²) in [7, 11) is -0.176. The number of carbonyl (C=O) groups is 4. The average Bonchev–Trinajstić information content (AvgIpc) is 3.37. The van der Waals surface area contributed by atoms with Crippen LogP contribution in [0.5, 0.6) is 0 Å². The molecule has 2 heterocycles. The molecule has 2 aliphatic rings. The van der Waals surface area contributed by atoms with Crippen molar-refractivity contribution in [2.24, 2.45) is 7.05 Å². The number of carboxylic acid groups (broad SMARTS) is 1. The number of carbonyl (C=O) groups excluding carboxylic acids is 3. The number of benzene rings is 2. The maximum Gasteiger partial charge on any atom is 0.290 e. The Balaban J connectivity index is 0.00000148. The molecule has 240 valence electrons. The topological polar surface area (TPSA) is 159 Å². The standard InChI is InChI=1S/C31H37N5O5S.CH2O2/c1-34-23-15-16-26-25(20-23)29(33-35(26)2)30(38)32-17-9-19-36(18-8-14-28(34)37)31(39)24-12-6-7-13-27(24)42(40,41)21-22-10-4-3-5-11-22;2-1-3/h3-7,10-13,23H,8-9,14-21H2,1-2H3,(H,32,38);1H,(H,2,3). The van der Waals surface area contributed by atoms with E-state index in [2.05, 4.69) is 10.4 Å². The van der Waals surface area contributed by atoms with Crippen molar-refractivity contribution >= 4 is 34.0 Å². The smallest absolute Gasteiger partial charge is 0.290 e. The number of hydrogen-bond acceptors (Lipinski definition) is 7. The predicted molar refractivity (Wildman–Crippen MR) is 166 cm³/mol. The number of aromatic nitrogens is 2. The highest BCUT2D eigenvalue weighted by Crippen LogP contribution is 2.28. The van der Waals surface area contributed by atoms with E-state index < -0.39 is 15.7 Å². The molecule has 2 bridgehead atoms. The van der Waals surface area contributed by atoms with Crippen LogP contribution in [0, 0.1) is 0 Å². The largest absolute Gasteiger partial charge is 0.483 e. The van der Waals surface area contributed by atoms with Crippen LogP contribution in [0.25, 0.3) is 0 Å². The fraction of sp³-hybridized carbons (Fsp3) is 0.406. The number of nitrogens with one attached hydrogen (secondary N) is 1. The third-order valence-electron chi connectivity index (χ3n) is 8.23. The fourth-order valence-corrected chi connectivity index (χ4v) is 7.47. The number of rotatable bonds is 4. The molecular formula is C32H39N5O7S. The predicted octanol–water partition coefficient (Wildman–Crippen LogP) is 2.47. The zero-order chi connectivity index (χ0) is 32.6. The lowest BCUT2D eigenvalue weighted by molar-refractivity contribution is -0.132. The molecule has 5 rings (SSSR count). The molecule has 0 saturated heterocycles. The first-order valence-electron chi connectivity index (χ1n) is 14.9. The van der Waals surface area contributed by atoms with E-state index >= 15 is 0 Å². The second kappa shape index (κ2) is 15.0. The van der Waals surface area contributed by atoms with Gasteiger partial charge in [0.25, 0.3) is 18.3 Å². The number of nitrogens with zero attached hydrogens (tertiary/aromatic N) is 4. The molecule has 1 aliphatic heterocycles. The molecular weight excluding hydrogens is 598 g/mol. The molecule has 0 saturated carbocycles. The zero-order valence-electron chi connectivity index (χ0n) is 25.5. The third kappa shape index (κ3) is 7.96. The molecule has 0 spiro atoms. The van der Waals surface area contributed by atoms with Crippen molar-refractivity contribution in [3.63, 3.8) is 0 Å². The Bertz CT molecular complexity index is 1640. The van der Waals surface area contributed by atoms with Crippen molar-refractivity contribution in [2.75, 3.05) is 26.7 Å². The summed E-state index contributed by atoms with van der Waals surface area (Å²) in [6, 6.07) is 15.1. The summed E-state index contributed by atoms with van der Waals surface area (Å²) in [4.78, 5) is 51.8. The molecule has 45 heavy (non-hydrogen) atoms. The Morgan fingerprint density at radius 2 is 1.69 bits per heavy atom. The highest BCUT2D eigenvalue weighted by molar-refractivity contribution is 7.90. The SMILES string of the molecule is CN1C(=O)CCCN(C(=O)c2ccccc2S(=O)(=O)Cc2ccccc2)CCCNC(=O)c2nn(C)c3c2CC1CC3.O=CO. The maximum absolute atomic E-state index is 13.9. The second-order valence-electron chi connectivity index (χ2n) is 11.2. The van der Waals surface area contributed by atoms with E-state index in [0.29, 0.717) is 43.6 Å². The van der Waals surface area contributed by atoms with E-state index in [1.54, 1.807) is 57.9 Å². The number of aryl methyl sites for hydroxylation is 1. The molecule has 1 aromatic heterocycles. The van der Waals surface area contributed by atoms with E-state index in [4.69, 9.17) is 9.90 Å². The van der Waals surface area contributed by atoms with Gasteiger partial charge in [-0.15, -0.1) is 0 Å². The van der Waals surface area contributed by atoms with Crippen LogP contribution in [0.15, 0.2) is 59.5 Å². The molecule has 1 unspecified atom stereocenters. The first-order valence-corrected chi connectivity index (χ1v) is 16.5. The Hall–Kier alpha value is -4.52. The normalized spacial score (nSPS) is 17.7. The van der Waals surface area contributed by atoms with Gasteiger partial charge in [-0.2, -0.15) is 5.10 Å². The van der Waals surface area contributed by atoms with Crippen LogP contribution in [0.4, 0.5) is 0 Å². The van der Waals surface area contributed by atoms with Gasteiger partial charge in [0.1, 0.15) is 0 Å². The van der Waals surface area contributed by atoms with E-state index in [9.17, 15) is 22.8 Å². The van der Waals surface area contributed by atoms with E-state index in [1.807, 2.05) is 13.1 Å². The van der Waals surface area contributed by atoms with Crippen molar-refractivity contribution in [2.45, 2.75) is 55.2 Å². The van der Waals surface area contributed by atoms with Gasteiger partial charge in [-0.3, -0.25) is 23.9 Å². The summed E-state index contributed by atoms with van der Waals surface area (Å²) in [5.41, 5.74) is 3.05. The van der Waals surface area contributed by atoms with E-state index in [0.717, 1.165) is 24.1 Å². The summed E-state index contributed by atoms with van der Waals surface area (Å²) in [6.45, 7) is 0.653. The highest BCUT2D eigenvalue weighted by Gasteiger charge is 2.32. The van der Waals surface area contributed by atoms with Gasteiger partial charge in [-0.05, 0) is 49.8 Å². The van der Waals surface area contributed by atoms with E-state index in [-0.39, 0.29) is 53.5 Å². The molecule has 3 amide bonds. The molecule has 0 fully saturated rings. The van der Waals surface area contributed by atoms with Crippen molar-refractivity contribution in [3.05, 3.63) is 82.7 Å². The number of sulfone groups is 1. The minimum Gasteiger partial charge on any atom is -0.483 e. The van der Waals surface area contributed by atoms with Crippen molar-refractivity contribution in [1.29, 1.82) is 0 Å². The van der Waals surface area contributed by atoms with Gasteiger partial charge in [0.05, 0.1) is 16.2 Å². The average molecular weight is 638 g/mol. The van der Waals surface area contributed by atoms with Crippen LogP contribution in [-0.4, -0.2) is 90.0 Å². The van der Waals surface area contributed by atoms with Gasteiger partial charge >= 0.3 is 0 Å². The van der Waals surface area contributed by atoms with Crippen molar-refractivity contribution in [1.82, 2.24) is 24.9 Å².